The van der Waals surface area contributed by atoms with Gasteiger partial charge in [0.15, 0.2) is 0 Å². The Morgan fingerprint density at radius 2 is 1.73 bits per heavy atom. The monoisotopic (exact) mass is 481 g/mol. The lowest BCUT2D eigenvalue weighted by Gasteiger charge is -2.10. The first-order chi connectivity index (χ1) is 15.6. The van der Waals surface area contributed by atoms with E-state index in [1.807, 2.05) is 0 Å². The van der Waals surface area contributed by atoms with Crippen molar-refractivity contribution in [1.82, 2.24) is 5.43 Å². The minimum Gasteiger partial charge on any atom is -0.466 e. The summed E-state index contributed by atoms with van der Waals surface area (Å²) in [6, 6.07) is 10.7. The molecule has 2 aromatic carbocycles. The van der Waals surface area contributed by atoms with Crippen molar-refractivity contribution in [1.29, 1.82) is 0 Å². The Kier molecular flexibility index (Phi) is 7.37. The molecule has 1 aliphatic rings. The van der Waals surface area contributed by atoms with Gasteiger partial charge >= 0.3 is 12.1 Å². The van der Waals surface area contributed by atoms with E-state index >= 15 is 0 Å². The fraction of sp³-hybridized carbons (Fsp3) is 0.273. The highest BCUT2D eigenvalue weighted by atomic mass is 35.5. The number of rotatable bonds is 7. The Bertz CT molecular complexity index is 1070. The lowest BCUT2D eigenvalue weighted by molar-refractivity contribution is -0.146. The third-order valence-electron chi connectivity index (χ3n) is 4.90. The van der Waals surface area contributed by atoms with Crippen LogP contribution in [0.2, 0.25) is 5.02 Å². The number of hydrogen-bond acceptors (Lipinski definition) is 5. The predicted molar refractivity (Wildman–Crippen MR) is 114 cm³/mol. The Labute approximate surface area is 191 Å². The molecule has 3 atom stereocenters. The molecule has 0 aromatic heterocycles. The van der Waals surface area contributed by atoms with E-state index in [0.29, 0.717) is 10.6 Å². The van der Waals surface area contributed by atoms with Crippen LogP contribution in [0.4, 0.5) is 18.9 Å². The number of alkyl halides is 3. The second-order valence-electron chi connectivity index (χ2n) is 7.18. The van der Waals surface area contributed by atoms with Crippen LogP contribution in [0.25, 0.3) is 0 Å². The minimum absolute atomic E-state index is 0.0420. The first kappa shape index (κ1) is 24.2. The molecule has 0 saturated heterocycles. The fourth-order valence-electron chi connectivity index (χ4n) is 3.29. The van der Waals surface area contributed by atoms with Crippen LogP contribution in [-0.2, 0) is 25.3 Å². The second kappa shape index (κ2) is 10.0. The predicted octanol–water partition coefficient (Wildman–Crippen LogP) is 3.87. The fourth-order valence-corrected chi connectivity index (χ4v) is 3.41. The van der Waals surface area contributed by atoms with E-state index in [-0.39, 0.29) is 12.3 Å². The number of benzene rings is 2. The van der Waals surface area contributed by atoms with E-state index < -0.39 is 47.3 Å². The summed E-state index contributed by atoms with van der Waals surface area (Å²) in [6.45, 7) is 1.61. The zero-order valence-electron chi connectivity index (χ0n) is 17.2. The van der Waals surface area contributed by atoms with Crippen molar-refractivity contribution >= 4 is 41.3 Å². The summed E-state index contributed by atoms with van der Waals surface area (Å²) >= 11 is 5.80. The minimum atomic E-state index is -4.59. The Balaban J connectivity index is 1.69. The number of esters is 1. The van der Waals surface area contributed by atoms with Crippen LogP contribution in [0.1, 0.15) is 18.1 Å². The van der Waals surface area contributed by atoms with Crippen molar-refractivity contribution < 1.29 is 32.3 Å². The first-order valence-electron chi connectivity index (χ1n) is 9.85. The van der Waals surface area contributed by atoms with Crippen LogP contribution in [0.3, 0.4) is 0 Å². The van der Waals surface area contributed by atoms with Crippen molar-refractivity contribution in [2.75, 3.05) is 11.9 Å². The zero-order valence-corrected chi connectivity index (χ0v) is 18.0. The SMILES string of the molecule is CCOC(=O)[C@@H]1[C@H](C(=O)N/N=C\c2ccc(Cl)cc2)[C@H]1C(=O)Nc1cccc(C(F)(F)F)c1. The molecule has 33 heavy (non-hydrogen) atoms. The number of carbonyl (C=O) groups is 3. The zero-order chi connectivity index (χ0) is 24.2. The number of carbonyl (C=O) groups excluding carboxylic acids is 3. The Morgan fingerprint density at radius 3 is 2.36 bits per heavy atom. The smallest absolute Gasteiger partial charge is 0.416 e. The van der Waals surface area contributed by atoms with Gasteiger partial charge in [-0.1, -0.05) is 29.8 Å². The highest BCUT2D eigenvalue weighted by molar-refractivity contribution is 6.30. The molecule has 1 saturated carbocycles. The highest BCUT2D eigenvalue weighted by Gasteiger charge is 2.63. The van der Waals surface area contributed by atoms with E-state index in [1.54, 1.807) is 31.2 Å². The molecule has 0 aliphatic heterocycles. The number of anilines is 1. The number of hydrogen-bond donors (Lipinski definition) is 2. The van der Waals surface area contributed by atoms with Gasteiger partial charge in [-0.3, -0.25) is 14.4 Å². The summed E-state index contributed by atoms with van der Waals surface area (Å²) in [4.78, 5) is 37.4. The first-order valence-corrected chi connectivity index (χ1v) is 10.2. The maximum Gasteiger partial charge on any atom is 0.416 e. The van der Waals surface area contributed by atoms with Gasteiger partial charge in [-0.05, 0) is 42.8 Å². The quantitative estimate of drug-likeness (QED) is 0.356. The van der Waals surface area contributed by atoms with Crippen LogP contribution in [0, 0.1) is 17.8 Å². The summed E-state index contributed by atoms with van der Waals surface area (Å²) in [5, 5.41) is 6.68. The number of ether oxygens (including phenoxy) is 1. The number of hydrazone groups is 1. The molecule has 0 heterocycles. The third kappa shape index (κ3) is 6.10. The summed E-state index contributed by atoms with van der Waals surface area (Å²) in [7, 11) is 0. The molecule has 11 heteroatoms. The average Bonchev–Trinajstić information content (AvgIpc) is 3.51. The van der Waals surface area contributed by atoms with Crippen molar-refractivity contribution in [2.45, 2.75) is 13.1 Å². The standard InChI is InChI=1S/C22H19ClF3N3O4/c1-2-33-21(32)18-16(19(30)28-15-5-3-4-13(10-15)22(24,25)26)17(18)20(31)29-27-11-12-6-8-14(23)9-7-12/h3-11,16-18H,2H2,1H3,(H,28,30)(H,29,31)/b27-11-/t16-,17-,18+/m1/s1. The molecule has 174 valence electrons. The number of nitrogens with zero attached hydrogens (tertiary/aromatic N) is 1. The number of amides is 2. The molecule has 7 nitrogen and oxygen atoms in total. The van der Waals surface area contributed by atoms with E-state index in [9.17, 15) is 27.6 Å². The van der Waals surface area contributed by atoms with Crippen LogP contribution < -0.4 is 10.7 Å². The summed E-state index contributed by atoms with van der Waals surface area (Å²) in [6.07, 6.45) is -3.23. The molecule has 1 aliphatic carbocycles. The van der Waals surface area contributed by atoms with Crippen molar-refractivity contribution in [2.24, 2.45) is 22.9 Å². The van der Waals surface area contributed by atoms with Gasteiger partial charge in [0.1, 0.15) is 0 Å². The molecule has 2 aromatic rings. The normalized spacial score (nSPS) is 19.7. The summed E-state index contributed by atoms with van der Waals surface area (Å²) in [5.74, 6) is -5.46. The van der Waals surface area contributed by atoms with E-state index in [1.165, 1.54) is 12.3 Å². The third-order valence-corrected chi connectivity index (χ3v) is 5.15. The molecule has 2 amide bonds. The molecule has 0 bridgehead atoms. The molecule has 3 rings (SSSR count). The molecule has 2 N–H and O–H groups in total. The van der Waals surface area contributed by atoms with Crippen molar-refractivity contribution in [3.63, 3.8) is 0 Å². The van der Waals surface area contributed by atoms with Crippen LogP contribution in [0.5, 0.6) is 0 Å². The second-order valence-corrected chi connectivity index (χ2v) is 7.62. The van der Waals surface area contributed by atoms with Gasteiger partial charge < -0.3 is 10.1 Å². The van der Waals surface area contributed by atoms with Gasteiger partial charge in [-0.15, -0.1) is 0 Å². The summed E-state index contributed by atoms with van der Waals surface area (Å²) in [5.41, 5.74) is 1.87. The maximum atomic E-state index is 12.9. The highest BCUT2D eigenvalue weighted by Crippen LogP contribution is 2.48. The molecule has 0 spiro atoms. The van der Waals surface area contributed by atoms with E-state index in [2.05, 4.69) is 15.8 Å². The van der Waals surface area contributed by atoms with Crippen molar-refractivity contribution in [3.05, 3.63) is 64.7 Å². The average molecular weight is 482 g/mol. The summed E-state index contributed by atoms with van der Waals surface area (Å²) < 4.78 is 43.7. The molecular weight excluding hydrogens is 463 g/mol. The van der Waals surface area contributed by atoms with Crippen LogP contribution >= 0.6 is 11.6 Å². The largest absolute Gasteiger partial charge is 0.466 e. The number of nitrogens with one attached hydrogen (secondary N) is 2. The molecule has 1 fully saturated rings. The Hall–Kier alpha value is -3.40. The van der Waals surface area contributed by atoms with Gasteiger partial charge in [0, 0.05) is 10.7 Å². The van der Waals surface area contributed by atoms with E-state index in [4.69, 9.17) is 16.3 Å². The van der Waals surface area contributed by atoms with Gasteiger partial charge in [-0.2, -0.15) is 18.3 Å². The van der Waals surface area contributed by atoms with Gasteiger partial charge in [0.05, 0.1) is 36.1 Å². The lowest BCUT2D eigenvalue weighted by Crippen LogP contribution is -2.24. The van der Waals surface area contributed by atoms with Crippen LogP contribution in [0.15, 0.2) is 53.6 Å². The molecule has 0 unspecified atom stereocenters. The Morgan fingerprint density at radius 1 is 1.06 bits per heavy atom. The van der Waals surface area contributed by atoms with Gasteiger partial charge in [0.25, 0.3) is 0 Å². The van der Waals surface area contributed by atoms with E-state index in [0.717, 1.165) is 18.2 Å². The maximum absolute atomic E-state index is 12.9. The van der Waals surface area contributed by atoms with Gasteiger partial charge in [-0.25, -0.2) is 5.43 Å². The topological polar surface area (TPSA) is 96.9 Å². The number of halogens is 4. The lowest BCUT2D eigenvalue weighted by atomic mass is 10.2. The van der Waals surface area contributed by atoms with Crippen LogP contribution in [-0.4, -0.2) is 30.6 Å². The van der Waals surface area contributed by atoms with Crippen molar-refractivity contribution in [3.8, 4) is 0 Å². The molecular formula is C22H19ClF3N3O4. The molecule has 0 radical (unpaired) electrons. The van der Waals surface area contributed by atoms with Gasteiger partial charge in [0.2, 0.25) is 11.8 Å².